The maximum atomic E-state index is 13.6. The molecule has 32 heavy (non-hydrogen) atoms. The largest absolute Gasteiger partial charge is 0.362 e. The lowest BCUT2D eigenvalue weighted by molar-refractivity contribution is -0.120. The van der Waals surface area contributed by atoms with Crippen molar-refractivity contribution in [1.29, 1.82) is 0 Å². The summed E-state index contributed by atoms with van der Waals surface area (Å²) in [6.07, 6.45) is 4.95. The van der Waals surface area contributed by atoms with Gasteiger partial charge in [-0.15, -0.1) is 0 Å². The average molecular weight is 428 g/mol. The predicted molar refractivity (Wildman–Crippen MR) is 125 cm³/mol. The molecule has 0 bridgehead atoms. The molecule has 0 spiro atoms. The van der Waals surface area contributed by atoms with E-state index in [0.29, 0.717) is 0 Å². The summed E-state index contributed by atoms with van der Waals surface area (Å²) in [6, 6.07) is 10.6. The van der Waals surface area contributed by atoms with Gasteiger partial charge in [-0.2, -0.15) is 10.2 Å². The summed E-state index contributed by atoms with van der Waals surface area (Å²) in [7, 11) is 0. The van der Waals surface area contributed by atoms with Gasteiger partial charge in [0.05, 0.1) is 16.7 Å². The zero-order chi connectivity index (χ0) is 22.7. The highest BCUT2D eigenvalue weighted by molar-refractivity contribution is 6.00. The number of azo groups is 1. The fraction of sp³-hybridized carbons (Fsp3) is 0.385. The zero-order valence-corrected chi connectivity index (χ0v) is 19.3. The second-order valence-electron chi connectivity index (χ2n) is 9.66. The van der Waals surface area contributed by atoms with Crippen LogP contribution in [0.2, 0.25) is 0 Å². The summed E-state index contributed by atoms with van der Waals surface area (Å²) in [6.45, 7) is 10.3. The Balaban J connectivity index is 1.78. The quantitative estimate of drug-likeness (QED) is 0.729. The van der Waals surface area contributed by atoms with E-state index in [-0.39, 0.29) is 17.6 Å². The summed E-state index contributed by atoms with van der Waals surface area (Å²) in [5.74, 6) is -0.0123. The van der Waals surface area contributed by atoms with Gasteiger partial charge in [-0.1, -0.05) is 25.1 Å². The molecule has 0 fully saturated rings. The third kappa shape index (κ3) is 2.93. The van der Waals surface area contributed by atoms with Crippen LogP contribution in [-0.2, 0) is 10.2 Å². The number of aryl methyl sites for hydroxylation is 1. The van der Waals surface area contributed by atoms with Gasteiger partial charge in [-0.05, 0) is 68.5 Å². The van der Waals surface area contributed by atoms with Crippen LogP contribution in [0.25, 0.3) is 11.1 Å². The number of fused-ring (bicyclic) bond motifs is 1. The second-order valence-corrected chi connectivity index (χ2v) is 9.66. The van der Waals surface area contributed by atoms with Crippen molar-refractivity contribution in [3.8, 4) is 11.1 Å². The second kappa shape index (κ2) is 7.12. The number of amides is 1. The van der Waals surface area contributed by atoms with Crippen LogP contribution in [-0.4, -0.2) is 22.6 Å². The van der Waals surface area contributed by atoms with E-state index >= 15 is 0 Å². The lowest BCUT2D eigenvalue weighted by Gasteiger charge is -2.48. The van der Waals surface area contributed by atoms with Crippen LogP contribution in [0.3, 0.4) is 0 Å². The number of allylic oxidation sites excluding steroid dienone is 1. The molecule has 6 nitrogen and oxygen atoms in total. The van der Waals surface area contributed by atoms with Crippen molar-refractivity contribution in [3.05, 3.63) is 76.4 Å². The maximum Gasteiger partial charge on any atom is 0.250 e. The van der Waals surface area contributed by atoms with Crippen LogP contribution in [0, 0.1) is 6.92 Å². The number of rotatable bonds is 3. The van der Waals surface area contributed by atoms with E-state index in [1.54, 1.807) is 0 Å². The Morgan fingerprint density at radius 1 is 1.19 bits per heavy atom. The van der Waals surface area contributed by atoms with Crippen LogP contribution >= 0.6 is 0 Å². The number of pyridine rings is 1. The lowest BCUT2D eigenvalue weighted by Crippen LogP contribution is -2.58. The highest BCUT2D eigenvalue weighted by Crippen LogP contribution is 2.53. The normalized spacial score (nSPS) is 25.9. The summed E-state index contributed by atoms with van der Waals surface area (Å²) >= 11 is 0. The highest BCUT2D eigenvalue weighted by atomic mass is 16.2. The van der Waals surface area contributed by atoms with E-state index in [1.165, 1.54) is 0 Å². The molecule has 3 aliphatic rings. The summed E-state index contributed by atoms with van der Waals surface area (Å²) in [4.78, 5) is 17.8. The van der Waals surface area contributed by atoms with E-state index in [0.717, 1.165) is 57.6 Å². The molecule has 0 aliphatic carbocycles. The number of aromatic nitrogens is 1. The summed E-state index contributed by atoms with van der Waals surface area (Å²) < 4.78 is 0. The summed E-state index contributed by atoms with van der Waals surface area (Å²) in [5, 5.41) is 15.7. The first kappa shape index (κ1) is 20.6. The molecule has 3 aliphatic heterocycles. The van der Waals surface area contributed by atoms with E-state index in [9.17, 15) is 4.79 Å². The number of carbonyl (C=O) groups is 1. The van der Waals surface area contributed by atoms with Crippen molar-refractivity contribution in [2.45, 2.75) is 64.6 Å². The molecule has 1 amide bonds. The molecule has 4 heterocycles. The first-order valence-corrected chi connectivity index (χ1v) is 11.2. The zero-order valence-electron chi connectivity index (χ0n) is 19.3. The van der Waals surface area contributed by atoms with Gasteiger partial charge in [0.2, 0.25) is 0 Å². The molecule has 0 saturated heterocycles. The highest BCUT2D eigenvalue weighted by Gasteiger charge is 2.54. The maximum absolute atomic E-state index is 13.6. The van der Waals surface area contributed by atoms with E-state index in [1.807, 2.05) is 25.4 Å². The Labute approximate surface area is 188 Å². The first-order chi connectivity index (χ1) is 15.3. The monoisotopic (exact) mass is 427 g/mol. The van der Waals surface area contributed by atoms with Crippen LogP contribution in [0.15, 0.2) is 75.5 Å². The molecular formula is C26H29N5O. The van der Waals surface area contributed by atoms with Gasteiger partial charge in [-0.25, -0.2) is 0 Å². The minimum Gasteiger partial charge on any atom is -0.362 e. The Morgan fingerprint density at radius 2 is 2.00 bits per heavy atom. The topological polar surface area (TPSA) is 78.7 Å². The lowest BCUT2D eigenvalue weighted by atomic mass is 9.61. The molecule has 0 saturated carbocycles. The Kier molecular flexibility index (Phi) is 4.59. The smallest absolute Gasteiger partial charge is 0.250 e. The Morgan fingerprint density at radius 3 is 2.75 bits per heavy atom. The molecule has 1 aromatic heterocycles. The molecule has 6 heteroatoms. The molecule has 1 unspecified atom stereocenters. The van der Waals surface area contributed by atoms with Gasteiger partial charge in [0, 0.05) is 35.6 Å². The van der Waals surface area contributed by atoms with Gasteiger partial charge in [0.15, 0.2) is 6.17 Å². The molecule has 1 aromatic carbocycles. The predicted octanol–water partition coefficient (Wildman–Crippen LogP) is 4.93. The molecule has 5 rings (SSSR count). The van der Waals surface area contributed by atoms with E-state index in [4.69, 9.17) is 0 Å². The molecule has 2 aromatic rings. The number of nitrogens with one attached hydrogen (secondary N) is 2. The van der Waals surface area contributed by atoms with E-state index in [2.05, 4.69) is 77.8 Å². The fourth-order valence-corrected chi connectivity index (χ4v) is 5.67. The third-order valence-electron chi connectivity index (χ3n) is 7.00. The van der Waals surface area contributed by atoms with Gasteiger partial charge in [-0.3, -0.25) is 9.78 Å². The van der Waals surface area contributed by atoms with Crippen LogP contribution in [0.4, 0.5) is 0 Å². The molecule has 2 N–H and O–H groups in total. The summed E-state index contributed by atoms with van der Waals surface area (Å²) in [5.41, 5.74) is 7.34. The Hall–Kier alpha value is -3.28. The fourth-order valence-electron chi connectivity index (χ4n) is 5.67. The number of hydrogen-bond acceptors (Lipinski definition) is 5. The SMILES string of the molecule is CC[C@]1(c2cccc(-c3ccncc3C)c2)C2=C(CC(C)(C)NC2=O)NC2N=NC(C)=C21. The standard InChI is InChI=1S/C26H29N5O/c1-6-26(18-9-7-8-17(12-18)19-10-11-27-14-15(19)2)21-16(3)30-31-23(21)28-20-13-25(4,5)29-24(32)22(20)26/h7-12,14,23,28H,6,13H2,1-5H3,(H,29,32)/t23?,26-/m1/s1. The molecule has 2 atom stereocenters. The minimum atomic E-state index is -0.587. The van der Waals surface area contributed by atoms with Gasteiger partial charge in [0.25, 0.3) is 5.91 Å². The molecule has 164 valence electrons. The number of benzene rings is 1. The van der Waals surface area contributed by atoms with Crippen molar-refractivity contribution in [1.82, 2.24) is 15.6 Å². The van der Waals surface area contributed by atoms with Gasteiger partial charge >= 0.3 is 0 Å². The third-order valence-corrected chi connectivity index (χ3v) is 7.00. The van der Waals surface area contributed by atoms with Gasteiger partial charge < -0.3 is 10.6 Å². The number of hydrogen-bond donors (Lipinski definition) is 2. The van der Waals surface area contributed by atoms with Gasteiger partial charge in [0.1, 0.15) is 0 Å². The van der Waals surface area contributed by atoms with Crippen molar-refractivity contribution in [2.75, 3.05) is 0 Å². The average Bonchev–Trinajstić information content (AvgIpc) is 3.12. The van der Waals surface area contributed by atoms with E-state index < -0.39 is 5.41 Å². The number of carbonyl (C=O) groups excluding carboxylic acids is 1. The van der Waals surface area contributed by atoms with Crippen molar-refractivity contribution in [3.63, 3.8) is 0 Å². The number of nitrogens with zero attached hydrogens (tertiary/aromatic N) is 3. The Bertz CT molecular complexity index is 1220. The van der Waals surface area contributed by atoms with Crippen LogP contribution in [0.1, 0.15) is 51.7 Å². The van der Waals surface area contributed by atoms with Crippen molar-refractivity contribution in [2.24, 2.45) is 10.2 Å². The van der Waals surface area contributed by atoms with Crippen LogP contribution in [0.5, 0.6) is 0 Å². The van der Waals surface area contributed by atoms with Crippen molar-refractivity contribution >= 4 is 5.91 Å². The van der Waals surface area contributed by atoms with Crippen molar-refractivity contribution < 1.29 is 4.79 Å². The molecule has 0 radical (unpaired) electrons. The van der Waals surface area contributed by atoms with Crippen LogP contribution < -0.4 is 10.6 Å². The first-order valence-electron chi connectivity index (χ1n) is 11.2. The molecular weight excluding hydrogens is 398 g/mol. The minimum absolute atomic E-state index is 0.0123.